The molecule has 1 aromatic carbocycles. The number of carbonyl (C=O) groups is 2. The number of halogens is 1. The summed E-state index contributed by atoms with van der Waals surface area (Å²) < 4.78 is 25.4. The number of hydrogen-bond donors (Lipinski definition) is 0. The number of hydrogen-bond acceptors (Lipinski definition) is 4. The number of carbonyl (C=O) groups excluding carboxylic acids is 2. The minimum atomic E-state index is -1.60. The van der Waals surface area contributed by atoms with Crippen molar-refractivity contribution in [3.8, 4) is 0 Å². The van der Waals surface area contributed by atoms with Gasteiger partial charge in [0, 0.05) is 6.42 Å². The van der Waals surface area contributed by atoms with Gasteiger partial charge in [-0.15, -0.1) is 0 Å². The Morgan fingerprint density at radius 1 is 1.28 bits per heavy atom. The largest absolute Gasteiger partial charge is 0.459 e. The van der Waals surface area contributed by atoms with Crippen LogP contribution in [0.25, 0.3) is 0 Å². The molecule has 6 heteroatoms. The molecular formula is C19H26FNO4. The molecule has 1 aliphatic heterocycles. The molecule has 0 saturated carbocycles. The molecule has 2 atom stereocenters. The fraction of sp³-hybridized carbons (Fsp3) is 0.579. The Labute approximate surface area is 148 Å². The average Bonchev–Trinajstić information content (AvgIpc) is 2.91. The summed E-state index contributed by atoms with van der Waals surface area (Å²) in [6, 6.07) is 8.25. The van der Waals surface area contributed by atoms with Gasteiger partial charge in [-0.2, -0.15) is 0 Å². The molecule has 0 bridgehead atoms. The van der Waals surface area contributed by atoms with Gasteiger partial charge in [0.1, 0.15) is 23.9 Å². The molecule has 0 aromatic heterocycles. The maximum atomic E-state index is 14.8. The third-order valence-electron chi connectivity index (χ3n) is 4.15. The standard InChI is InChI=1S/C19H26FNO4/c1-5-19(20)11-15(21(13-19)17(23)25-18(2,3)4)16(22)24-12-14-9-7-6-8-10-14/h6-10,15H,5,11-13H2,1-4H3/t15-,19-/m0/s1. The lowest BCUT2D eigenvalue weighted by Gasteiger charge is -2.27. The number of alkyl halides is 1. The first kappa shape index (κ1) is 19.2. The molecule has 0 radical (unpaired) electrons. The molecule has 1 fully saturated rings. The van der Waals surface area contributed by atoms with E-state index in [4.69, 9.17) is 9.47 Å². The highest BCUT2D eigenvalue weighted by Crippen LogP contribution is 2.35. The van der Waals surface area contributed by atoms with Gasteiger partial charge in [-0.05, 0) is 32.8 Å². The quantitative estimate of drug-likeness (QED) is 0.773. The maximum Gasteiger partial charge on any atom is 0.411 e. The number of esters is 1. The molecule has 2 rings (SSSR count). The van der Waals surface area contributed by atoms with E-state index in [1.165, 1.54) is 0 Å². The normalized spacial score (nSPS) is 23.4. The van der Waals surface area contributed by atoms with Crippen LogP contribution in [0.4, 0.5) is 9.18 Å². The molecule has 25 heavy (non-hydrogen) atoms. The molecule has 1 heterocycles. The van der Waals surface area contributed by atoms with Gasteiger partial charge in [0.05, 0.1) is 6.54 Å². The second kappa shape index (κ2) is 7.42. The Bertz CT molecular complexity index is 614. The predicted molar refractivity (Wildman–Crippen MR) is 91.7 cm³/mol. The van der Waals surface area contributed by atoms with E-state index in [9.17, 15) is 14.0 Å². The first-order valence-corrected chi connectivity index (χ1v) is 8.53. The van der Waals surface area contributed by atoms with E-state index < -0.39 is 29.4 Å². The molecule has 0 spiro atoms. The SMILES string of the molecule is CC[C@]1(F)C[C@@H](C(=O)OCc2ccccc2)N(C(=O)OC(C)(C)C)C1. The third kappa shape index (κ3) is 5.18. The van der Waals surface area contributed by atoms with E-state index in [1.807, 2.05) is 30.3 Å². The van der Waals surface area contributed by atoms with E-state index >= 15 is 0 Å². The lowest BCUT2D eigenvalue weighted by molar-refractivity contribution is -0.150. The number of benzene rings is 1. The lowest BCUT2D eigenvalue weighted by Crippen LogP contribution is -2.44. The van der Waals surface area contributed by atoms with E-state index in [0.717, 1.165) is 10.5 Å². The van der Waals surface area contributed by atoms with Crippen molar-refractivity contribution in [1.82, 2.24) is 4.90 Å². The fourth-order valence-electron chi connectivity index (χ4n) is 2.74. The van der Waals surface area contributed by atoms with Crippen molar-refractivity contribution in [3.05, 3.63) is 35.9 Å². The summed E-state index contributed by atoms with van der Waals surface area (Å²) in [5.74, 6) is -0.609. The zero-order valence-corrected chi connectivity index (χ0v) is 15.3. The molecule has 1 saturated heterocycles. The summed E-state index contributed by atoms with van der Waals surface area (Å²) in [6.45, 7) is 6.81. The average molecular weight is 351 g/mol. The van der Waals surface area contributed by atoms with Crippen LogP contribution in [0.15, 0.2) is 30.3 Å². The first-order valence-electron chi connectivity index (χ1n) is 8.53. The van der Waals surface area contributed by atoms with Crippen LogP contribution in [0.5, 0.6) is 0 Å². The monoisotopic (exact) mass is 351 g/mol. The minimum Gasteiger partial charge on any atom is -0.459 e. The molecule has 0 N–H and O–H groups in total. The van der Waals surface area contributed by atoms with Gasteiger partial charge in [0.15, 0.2) is 0 Å². The Hall–Kier alpha value is -2.11. The van der Waals surface area contributed by atoms with Crippen molar-refractivity contribution in [2.24, 2.45) is 0 Å². The van der Waals surface area contributed by atoms with E-state index in [1.54, 1.807) is 27.7 Å². The van der Waals surface area contributed by atoms with Gasteiger partial charge in [0.2, 0.25) is 0 Å². The summed E-state index contributed by atoms with van der Waals surface area (Å²) in [4.78, 5) is 26.0. The van der Waals surface area contributed by atoms with Crippen LogP contribution in [0.3, 0.4) is 0 Å². The summed E-state index contributed by atoms with van der Waals surface area (Å²) >= 11 is 0. The smallest absolute Gasteiger partial charge is 0.411 e. The topological polar surface area (TPSA) is 55.8 Å². The number of nitrogens with zero attached hydrogens (tertiary/aromatic N) is 1. The molecule has 138 valence electrons. The minimum absolute atomic E-state index is 0.0730. The number of ether oxygens (including phenoxy) is 2. The fourth-order valence-corrected chi connectivity index (χ4v) is 2.74. The van der Waals surface area contributed by atoms with E-state index in [-0.39, 0.29) is 26.0 Å². The van der Waals surface area contributed by atoms with Gasteiger partial charge < -0.3 is 9.47 Å². The molecule has 0 aliphatic carbocycles. The molecule has 1 aromatic rings. The van der Waals surface area contributed by atoms with Crippen LogP contribution < -0.4 is 0 Å². The van der Waals surface area contributed by atoms with E-state index in [2.05, 4.69) is 0 Å². The van der Waals surface area contributed by atoms with Crippen LogP contribution in [0, 0.1) is 0 Å². The van der Waals surface area contributed by atoms with Gasteiger partial charge in [-0.3, -0.25) is 4.90 Å². The van der Waals surface area contributed by atoms with Gasteiger partial charge in [-0.1, -0.05) is 37.3 Å². The van der Waals surface area contributed by atoms with Crippen LogP contribution in [0.2, 0.25) is 0 Å². The summed E-state index contributed by atoms with van der Waals surface area (Å²) in [5.41, 5.74) is -1.49. The highest BCUT2D eigenvalue weighted by Gasteiger charge is 2.50. The van der Waals surface area contributed by atoms with Crippen LogP contribution in [-0.2, 0) is 20.9 Å². The highest BCUT2D eigenvalue weighted by atomic mass is 19.1. The third-order valence-corrected chi connectivity index (χ3v) is 4.15. The van der Waals surface area contributed by atoms with Gasteiger partial charge in [-0.25, -0.2) is 14.0 Å². The zero-order valence-electron chi connectivity index (χ0n) is 15.3. The predicted octanol–water partition coefficient (Wildman–Crippen LogP) is 3.86. The lowest BCUT2D eigenvalue weighted by atomic mass is 9.99. The van der Waals surface area contributed by atoms with Gasteiger partial charge >= 0.3 is 12.1 Å². The molecule has 1 aliphatic rings. The van der Waals surface area contributed by atoms with Crippen molar-refractivity contribution in [2.45, 2.75) is 64.5 Å². The van der Waals surface area contributed by atoms with Crippen molar-refractivity contribution in [3.63, 3.8) is 0 Å². The van der Waals surface area contributed by atoms with Crippen molar-refractivity contribution in [2.75, 3.05) is 6.54 Å². The molecule has 5 nitrogen and oxygen atoms in total. The van der Waals surface area contributed by atoms with Crippen LogP contribution in [0.1, 0.15) is 46.1 Å². The molecule has 0 unspecified atom stereocenters. The Balaban J connectivity index is 2.08. The summed E-state index contributed by atoms with van der Waals surface area (Å²) in [5, 5.41) is 0. The Morgan fingerprint density at radius 2 is 1.92 bits per heavy atom. The molecule has 1 amide bonds. The zero-order chi connectivity index (χ0) is 18.7. The molecular weight excluding hydrogens is 325 g/mol. The highest BCUT2D eigenvalue weighted by molar-refractivity contribution is 5.82. The van der Waals surface area contributed by atoms with Crippen molar-refractivity contribution >= 4 is 12.1 Å². The summed E-state index contributed by atoms with van der Waals surface area (Å²) in [7, 11) is 0. The van der Waals surface area contributed by atoms with Crippen LogP contribution >= 0.6 is 0 Å². The number of likely N-dealkylation sites (tertiary alicyclic amines) is 1. The number of amides is 1. The number of rotatable bonds is 4. The second-order valence-corrected chi connectivity index (χ2v) is 7.43. The summed E-state index contributed by atoms with van der Waals surface area (Å²) in [6.07, 6.45) is -0.548. The van der Waals surface area contributed by atoms with E-state index in [0.29, 0.717) is 0 Å². The first-order chi connectivity index (χ1) is 11.6. The Kier molecular flexibility index (Phi) is 5.70. The second-order valence-electron chi connectivity index (χ2n) is 7.43. The van der Waals surface area contributed by atoms with Crippen molar-refractivity contribution < 1.29 is 23.5 Å². The Morgan fingerprint density at radius 3 is 2.48 bits per heavy atom. The maximum absolute atomic E-state index is 14.8. The van der Waals surface area contributed by atoms with Crippen LogP contribution in [-0.4, -0.2) is 40.8 Å². The van der Waals surface area contributed by atoms with Crippen molar-refractivity contribution in [1.29, 1.82) is 0 Å². The van der Waals surface area contributed by atoms with Gasteiger partial charge in [0.25, 0.3) is 0 Å².